The maximum absolute atomic E-state index is 12.0. The van der Waals surface area contributed by atoms with Crippen molar-refractivity contribution in [1.82, 2.24) is 4.90 Å². The van der Waals surface area contributed by atoms with Gasteiger partial charge in [0, 0.05) is 17.6 Å². The van der Waals surface area contributed by atoms with Crippen molar-refractivity contribution in [2.45, 2.75) is 12.5 Å². The van der Waals surface area contributed by atoms with Gasteiger partial charge in [0.25, 0.3) is 5.91 Å². The van der Waals surface area contributed by atoms with Gasteiger partial charge in [-0.05, 0) is 30.7 Å². The minimum absolute atomic E-state index is 0.0491. The summed E-state index contributed by atoms with van der Waals surface area (Å²) in [5.74, 6) is 0.597. The van der Waals surface area contributed by atoms with Crippen molar-refractivity contribution < 1.29 is 17.9 Å². The predicted molar refractivity (Wildman–Crippen MR) is 79.5 cm³/mol. The Labute approximate surface area is 127 Å². The lowest BCUT2D eigenvalue weighted by Gasteiger charge is -2.23. The van der Waals surface area contributed by atoms with Crippen molar-refractivity contribution in [3.05, 3.63) is 28.7 Å². The minimum Gasteiger partial charge on any atom is -0.484 e. The van der Waals surface area contributed by atoms with Crippen LogP contribution in [-0.4, -0.2) is 50.4 Å². The molecule has 1 atom stereocenters. The smallest absolute Gasteiger partial charge is 0.260 e. The molecule has 20 heavy (non-hydrogen) atoms. The molecular weight excluding hydrogens is 346 g/mol. The minimum atomic E-state index is -2.99. The molecule has 1 aliphatic heterocycles. The molecule has 1 heterocycles. The summed E-state index contributed by atoms with van der Waals surface area (Å²) in [5.41, 5.74) is 0. The van der Waals surface area contributed by atoms with Gasteiger partial charge in [-0.1, -0.05) is 15.9 Å². The summed E-state index contributed by atoms with van der Waals surface area (Å²) < 4.78 is 29.1. The lowest BCUT2D eigenvalue weighted by atomic mass is 10.2. The fourth-order valence-electron chi connectivity index (χ4n) is 2.06. The third-order valence-corrected chi connectivity index (χ3v) is 5.60. The Balaban J connectivity index is 1.87. The SMILES string of the molecule is CN(C(=O)COc1ccc(Br)cc1)C1CCS(=O)(=O)C1. The first-order valence-electron chi connectivity index (χ1n) is 6.22. The summed E-state index contributed by atoms with van der Waals surface area (Å²) in [4.78, 5) is 13.5. The number of ether oxygens (including phenoxy) is 1. The number of amides is 1. The Morgan fingerprint density at radius 3 is 2.60 bits per heavy atom. The third-order valence-electron chi connectivity index (χ3n) is 3.33. The molecule has 7 heteroatoms. The predicted octanol–water partition coefficient (Wildman–Crippen LogP) is 1.47. The molecule has 0 aromatic heterocycles. The zero-order valence-electron chi connectivity index (χ0n) is 11.1. The fraction of sp³-hybridized carbons (Fsp3) is 0.462. The molecule has 0 bridgehead atoms. The van der Waals surface area contributed by atoms with E-state index in [0.717, 1.165) is 4.47 Å². The number of nitrogens with zero attached hydrogens (tertiary/aromatic N) is 1. The van der Waals surface area contributed by atoms with Crippen LogP contribution in [0.1, 0.15) is 6.42 Å². The van der Waals surface area contributed by atoms with Gasteiger partial charge in [0.2, 0.25) is 0 Å². The van der Waals surface area contributed by atoms with E-state index in [4.69, 9.17) is 4.74 Å². The quantitative estimate of drug-likeness (QED) is 0.814. The molecule has 1 fully saturated rings. The topological polar surface area (TPSA) is 63.7 Å². The van der Waals surface area contributed by atoms with Gasteiger partial charge >= 0.3 is 0 Å². The van der Waals surface area contributed by atoms with Crippen LogP contribution in [0, 0.1) is 0 Å². The van der Waals surface area contributed by atoms with Gasteiger partial charge in [-0.2, -0.15) is 0 Å². The number of hydrogen-bond donors (Lipinski definition) is 0. The van der Waals surface area contributed by atoms with Crippen LogP contribution in [0.5, 0.6) is 5.75 Å². The van der Waals surface area contributed by atoms with E-state index in [-0.39, 0.29) is 30.1 Å². The lowest BCUT2D eigenvalue weighted by molar-refractivity contribution is -0.133. The molecule has 0 N–H and O–H groups in total. The molecular formula is C13H16BrNO4S. The van der Waals surface area contributed by atoms with Gasteiger partial charge in [-0.25, -0.2) is 8.42 Å². The van der Waals surface area contributed by atoms with Gasteiger partial charge in [-0.15, -0.1) is 0 Å². The molecule has 0 radical (unpaired) electrons. The summed E-state index contributed by atoms with van der Waals surface area (Å²) in [7, 11) is -1.36. The highest BCUT2D eigenvalue weighted by Gasteiger charge is 2.32. The average molecular weight is 362 g/mol. The summed E-state index contributed by atoms with van der Waals surface area (Å²) in [5, 5.41) is 0. The highest BCUT2D eigenvalue weighted by Crippen LogP contribution is 2.18. The highest BCUT2D eigenvalue weighted by molar-refractivity contribution is 9.10. The van der Waals surface area contributed by atoms with Crippen LogP contribution in [0.15, 0.2) is 28.7 Å². The van der Waals surface area contributed by atoms with Gasteiger partial charge in [0.1, 0.15) is 5.75 Å². The number of sulfone groups is 1. The summed E-state index contributed by atoms with van der Waals surface area (Å²) in [6, 6.07) is 6.94. The monoisotopic (exact) mass is 361 g/mol. The summed E-state index contributed by atoms with van der Waals surface area (Å²) in [6.45, 7) is -0.0886. The van der Waals surface area contributed by atoms with E-state index in [0.29, 0.717) is 12.2 Å². The van der Waals surface area contributed by atoms with E-state index in [1.807, 2.05) is 12.1 Å². The number of rotatable bonds is 4. The molecule has 0 aliphatic carbocycles. The molecule has 1 aromatic rings. The first kappa shape index (κ1) is 15.3. The van der Waals surface area contributed by atoms with Crippen molar-refractivity contribution in [2.75, 3.05) is 25.2 Å². The second-order valence-electron chi connectivity index (χ2n) is 4.80. The van der Waals surface area contributed by atoms with Crippen molar-refractivity contribution in [3.63, 3.8) is 0 Å². The first-order valence-corrected chi connectivity index (χ1v) is 8.83. The average Bonchev–Trinajstić information content (AvgIpc) is 2.77. The van der Waals surface area contributed by atoms with E-state index in [2.05, 4.69) is 15.9 Å². The largest absolute Gasteiger partial charge is 0.484 e. The van der Waals surface area contributed by atoms with Crippen LogP contribution >= 0.6 is 15.9 Å². The van der Waals surface area contributed by atoms with Crippen LogP contribution in [0.4, 0.5) is 0 Å². The number of likely N-dealkylation sites (N-methyl/N-ethyl adjacent to an activating group) is 1. The molecule has 5 nitrogen and oxygen atoms in total. The molecule has 0 spiro atoms. The summed E-state index contributed by atoms with van der Waals surface area (Å²) in [6.07, 6.45) is 0.503. The highest BCUT2D eigenvalue weighted by atomic mass is 79.9. The van der Waals surface area contributed by atoms with Crippen LogP contribution in [0.3, 0.4) is 0 Å². The second kappa shape index (κ2) is 6.13. The molecule has 0 saturated carbocycles. The molecule has 2 rings (SSSR count). The molecule has 1 aliphatic rings. The Morgan fingerprint density at radius 1 is 1.40 bits per heavy atom. The first-order chi connectivity index (χ1) is 9.37. The molecule has 110 valence electrons. The Morgan fingerprint density at radius 2 is 2.05 bits per heavy atom. The number of benzene rings is 1. The van der Waals surface area contributed by atoms with Crippen molar-refractivity contribution in [1.29, 1.82) is 0 Å². The standard InChI is InChI=1S/C13H16BrNO4S/c1-15(11-6-7-20(17,18)9-11)13(16)8-19-12-4-2-10(14)3-5-12/h2-5,11H,6-9H2,1H3. The van der Waals surface area contributed by atoms with Gasteiger partial charge in [0.05, 0.1) is 11.5 Å². The van der Waals surface area contributed by atoms with Crippen LogP contribution < -0.4 is 4.74 Å². The van der Waals surface area contributed by atoms with Crippen LogP contribution in [0.25, 0.3) is 0 Å². The second-order valence-corrected chi connectivity index (χ2v) is 7.95. The van der Waals surface area contributed by atoms with E-state index < -0.39 is 9.84 Å². The Bertz CT molecular complexity index is 585. The maximum atomic E-state index is 12.0. The lowest BCUT2D eigenvalue weighted by Crippen LogP contribution is -2.40. The van der Waals surface area contributed by atoms with Crippen molar-refractivity contribution >= 4 is 31.7 Å². The van der Waals surface area contributed by atoms with E-state index >= 15 is 0 Å². The van der Waals surface area contributed by atoms with Crippen LogP contribution in [0.2, 0.25) is 0 Å². The number of halogens is 1. The van der Waals surface area contributed by atoms with Crippen LogP contribution in [-0.2, 0) is 14.6 Å². The number of carbonyl (C=O) groups excluding carboxylic acids is 1. The molecule has 1 saturated heterocycles. The van der Waals surface area contributed by atoms with Gasteiger partial charge < -0.3 is 9.64 Å². The Kier molecular flexibility index (Phi) is 4.70. The molecule has 1 unspecified atom stereocenters. The Hall–Kier alpha value is -1.08. The van der Waals surface area contributed by atoms with Gasteiger partial charge in [0.15, 0.2) is 16.4 Å². The number of hydrogen-bond acceptors (Lipinski definition) is 4. The van der Waals surface area contributed by atoms with E-state index in [1.165, 1.54) is 4.90 Å². The third kappa shape index (κ3) is 3.96. The maximum Gasteiger partial charge on any atom is 0.260 e. The van der Waals surface area contributed by atoms with E-state index in [1.54, 1.807) is 19.2 Å². The fourth-order valence-corrected chi connectivity index (χ4v) is 4.10. The summed E-state index contributed by atoms with van der Waals surface area (Å²) >= 11 is 3.32. The van der Waals surface area contributed by atoms with Crippen molar-refractivity contribution in [3.8, 4) is 5.75 Å². The molecule has 1 amide bonds. The molecule has 1 aromatic carbocycles. The van der Waals surface area contributed by atoms with Gasteiger partial charge in [-0.3, -0.25) is 4.79 Å². The van der Waals surface area contributed by atoms with Crippen molar-refractivity contribution in [2.24, 2.45) is 0 Å². The number of carbonyl (C=O) groups is 1. The zero-order valence-corrected chi connectivity index (χ0v) is 13.5. The zero-order chi connectivity index (χ0) is 14.8. The normalized spacial score (nSPS) is 20.6. The van der Waals surface area contributed by atoms with E-state index in [9.17, 15) is 13.2 Å².